The summed E-state index contributed by atoms with van der Waals surface area (Å²) >= 11 is 6.27. The highest BCUT2D eigenvalue weighted by Gasteiger charge is 2.29. The van der Waals surface area contributed by atoms with Gasteiger partial charge in [0.1, 0.15) is 0 Å². The molecule has 1 aliphatic carbocycles. The number of hydrogen-bond donors (Lipinski definition) is 1. The van der Waals surface area contributed by atoms with Crippen LogP contribution in [0.5, 0.6) is 0 Å². The standard InChI is InChI=1S/C15H19ClN2/c1-18-10-13(16)12-9-11(5-6-14(12)18)15(17)7-3-2-4-8-15/h5-6,9-10H,2-4,7-8,17H2,1H3. The first-order valence-corrected chi connectivity index (χ1v) is 7.02. The monoisotopic (exact) mass is 262 g/mol. The van der Waals surface area contributed by atoms with Crippen LogP contribution < -0.4 is 5.73 Å². The fourth-order valence-electron chi connectivity index (χ4n) is 3.13. The number of rotatable bonds is 1. The third kappa shape index (κ3) is 1.84. The fraction of sp³-hybridized carbons (Fsp3) is 0.467. The normalized spacial score (nSPS) is 19.3. The Kier molecular flexibility index (Phi) is 2.87. The minimum atomic E-state index is -0.147. The smallest absolute Gasteiger partial charge is 0.0661 e. The first kappa shape index (κ1) is 12.1. The van der Waals surface area contributed by atoms with Crippen LogP contribution in [0.4, 0.5) is 0 Å². The molecular weight excluding hydrogens is 244 g/mol. The van der Waals surface area contributed by atoms with Crippen LogP contribution in [0.3, 0.4) is 0 Å². The Balaban J connectivity index is 2.10. The molecule has 0 unspecified atom stereocenters. The van der Waals surface area contributed by atoms with Gasteiger partial charge in [-0.3, -0.25) is 0 Å². The zero-order valence-electron chi connectivity index (χ0n) is 10.7. The maximum Gasteiger partial charge on any atom is 0.0661 e. The maximum absolute atomic E-state index is 6.58. The Morgan fingerprint density at radius 3 is 2.67 bits per heavy atom. The van der Waals surface area contributed by atoms with Crippen LogP contribution in [0.2, 0.25) is 5.02 Å². The van der Waals surface area contributed by atoms with Gasteiger partial charge in [-0.25, -0.2) is 0 Å². The highest BCUT2D eigenvalue weighted by atomic mass is 35.5. The molecule has 1 fully saturated rings. The Bertz CT molecular complexity index is 579. The topological polar surface area (TPSA) is 30.9 Å². The summed E-state index contributed by atoms with van der Waals surface area (Å²) in [6, 6.07) is 6.49. The van der Waals surface area contributed by atoms with Crippen molar-refractivity contribution in [3.63, 3.8) is 0 Å². The second kappa shape index (κ2) is 4.29. The summed E-state index contributed by atoms with van der Waals surface area (Å²) in [5, 5.41) is 1.93. The molecule has 0 amide bonds. The van der Waals surface area contributed by atoms with E-state index in [1.54, 1.807) is 0 Å². The lowest BCUT2D eigenvalue weighted by Crippen LogP contribution is -2.38. The van der Waals surface area contributed by atoms with Crippen LogP contribution in [0.15, 0.2) is 24.4 Å². The molecule has 0 aliphatic heterocycles. The van der Waals surface area contributed by atoms with E-state index < -0.39 is 0 Å². The predicted octanol–water partition coefficient (Wildman–Crippen LogP) is 3.95. The number of aromatic nitrogens is 1. The number of nitrogens with zero attached hydrogens (tertiary/aromatic N) is 1. The van der Waals surface area contributed by atoms with Crippen molar-refractivity contribution in [3.05, 3.63) is 35.0 Å². The van der Waals surface area contributed by atoms with Gasteiger partial charge in [0, 0.05) is 29.7 Å². The second-order valence-electron chi connectivity index (χ2n) is 5.54. The van der Waals surface area contributed by atoms with E-state index in [0.29, 0.717) is 0 Å². The number of benzene rings is 1. The van der Waals surface area contributed by atoms with Crippen molar-refractivity contribution in [3.8, 4) is 0 Å². The van der Waals surface area contributed by atoms with Crippen LogP contribution in [-0.4, -0.2) is 4.57 Å². The second-order valence-corrected chi connectivity index (χ2v) is 5.94. The Hall–Kier alpha value is -0.990. The van der Waals surface area contributed by atoms with Gasteiger partial charge in [-0.15, -0.1) is 0 Å². The Morgan fingerprint density at radius 1 is 1.22 bits per heavy atom. The molecule has 2 N–H and O–H groups in total. The zero-order valence-corrected chi connectivity index (χ0v) is 11.5. The lowest BCUT2D eigenvalue weighted by Gasteiger charge is -2.34. The number of nitrogens with two attached hydrogens (primary N) is 1. The summed E-state index contributed by atoms with van der Waals surface area (Å²) in [7, 11) is 2.02. The van der Waals surface area contributed by atoms with E-state index in [9.17, 15) is 0 Å². The summed E-state index contributed by atoms with van der Waals surface area (Å²) in [5.41, 5.74) is 8.84. The van der Waals surface area contributed by atoms with Gasteiger partial charge in [0.25, 0.3) is 0 Å². The number of hydrogen-bond acceptors (Lipinski definition) is 1. The van der Waals surface area contributed by atoms with Gasteiger partial charge < -0.3 is 10.3 Å². The highest BCUT2D eigenvalue weighted by molar-refractivity contribution is 6.35. The van der Waals surface area contributed by atoms with E-state index in [0.717, 1.165) is 23.3 Å². The van der Waals surface area contributed by atoms with Gasteiger partial charge in [0.2, 0.25) is 0 Å². The van der Waals surface area contributed by atoms with Gasteiger partial charge in [0.15, 0.2) is 0 Å². The van der Waals surface area contributed by atoms with Crippen LogP contribution in [0, 0.1) is 0 Å². The van der Waals surface area contributed by atoms with Gasteiger partial charge >= 0.3 is 0 Å². The molecule has 18 heavy (non-hydrogen) atoms. The molecule has 3 rings (SSSR count). The van der Waals surface area contributed by atoms with Crippen LogP contribution >= 0.6 is 11.6 Å². The summed E-state index contributed by atoms with van der Waals surface area (Å²) in [5.74, 6) is 0. The number of halogens is 1. The lowest BCUT2D eigenvalue weighted by atomic mass is 9.77. The van der Waals surface area contributed by atoms with Crippen molar-refractivity contribution in [2.45, 2.75) is 37.6 Å². The molecule has 1 heterocycles. The molecule has 0 radical (unpaired) electrons. The SMILES string of the molecule is Cn1cc(Cl)c2cc(C3(N)CCCCC3)ccc21. The first-order chi connectivity index (χ1) is 8.60. The molecule has 1 aliphatic rings. The van der Waals surface area contributed by atoms with E-state index in [1.807, 2.05) is 13.2 Å². The van der Waals surface area contributed by atoms with Crippen molar-refractivity contribution < 1.29 is 0 Å². The van der Waals surface area contributed by atoms with E-state index in [4.69, 9.17) is 17.3 Å². The number of aryl methyl sites for hydroxylation is 1. The molecule has 1 aromatic carbocycles. The Labute approximate surface area is 113 Å². The van der Waals surface area contributed by atoms with Gasteiger partial charge in [-0.05, 0) is 30.5 Å². The van der Waals surface area contributed by atoms with Crippen molar-refractivity contribution in [2.24, 2.45) is 12.8 Å². The molecule has 0 bridgehead atoms. The minimum absolute atomic E-state index is 0.147. The molecule has 0 spiro atoms. The summed E-state index contributed by atoms with van der Waals surface area (Å²) in [6.07, 6.45) is 7.91. The third-order valence-electron chi connectivity index (χ3n) is 4.26. The van der Waals surface area contributed by atoms with E-state index >= 15 is 0 Å². The molecule has 1 saturated carbocycles. The maximum atomic E-state index is 6.58. The van der Waals surface area contributed by atoms with Crippen LogP contribution in [-0.2, 0) is 12.6 Å². The van der Waals surface area contributed by atoms with Gasteiger partial charge in [-0.2, -0.15) is 0 Å². The molecule has 2 aromatic rings. The molecule has 3 heteroatoms. The predicted molar refractivity (Wildman–Crippen MR) is 76.9 cm³/mol. The van der Waals surface area contributed by atoms with Gasteiger partial charge in [-0.1, -0.05) is 36.9 Å². The lowest BCUT2D eigenvalue weighted by molar-refractivity contribution is 0.302. The first-order valence-electron chi connectivity index (χ1n) is 6.64. The van der Waals surface area contributed by atoms with Gasteiger partial charge in [0.05, 0.1) is 5.02 Å². The fourth-order valence-corrected chi connectivity index (χ4v) is 3.42. The highest BCUT2D eigenvalue weighted by Crippen LogP contribution is 2.37. The molecule has 0 atom stereocenters. The summed E-state index contributed by atoms with van der Waals surface area (Å²) in [6.45, 7) is 0. The summed E-state index contributed by atoms with van der Waals surface area (Å²) in [4.78, 5) is 0. The van der Waals surface area contributed by atoms with E-state index in [2.05, 4.69) is 22.8 Å². The van der Waals surface area contributed by atoms with Crippen molar-refractivity contribution in [2.75, 3.05) is 0 Å². The Morgan fingerprint density at radius 2 is 1.94 bits per heavy atom. The quantitative estimate of drug-likeness (QED) is 0.829. The number of fused-ring (bicyclic) bond motifs is 1. The molecule has 0 saturated heterocycles. The average Bonchev–Trinajstić information content (AvgIpc) is 2.66. The van der Waals surface area contributed by atoms with Crippen molar-refractivity contribution >= 4 is 22.5 Å². The molecule has 2 nitrogen and oxygen atoms in total. The van der Waals surface area contributed by atoms with Crippen molar-refractivity contribution in [1.82, 2.24) is 4.57 Å². The largest absolute Gasteiger partial charge is 0.349 e. The summed E-state index contributed by atoms with van der Waals surface area (Å²) < 4.78 is 2.06. The van der Waals surface area contributed by atoms with Crippen LogP contribution in [0.1, 0.15) is 37.7 Å². The van der Waals surface area contributed by atoms with Crippen LogP contribution in [0.25, 0.3) is 10.9 Å². The third-order valence-corrected chi connectivity index (χ3v) is 4.56. The van der Waals surface area contributed by atoms with E-state index in [-0.39, 0.29) is 5.54 Å². The molecule has 1 aromatic heterocycles. The molecule has 96 valence electrons. The zero-order chi connectivity index (χ0) is 12.8. The minimum Gasteiger partial charge on any atom is -0.349 e. The average molecular weight is 263 g/mol. The molecular formula is C15H19ClN2. The van der Waals surface area contributed by atoms with E-state index in [1.165, 1.54) is 30.3 Å². The van der Waals surface area contributed by atoms with Crippen molar-refractivity contribution in [1.29, 1.82) is 0 Å².